The maximum Gasteiger partial charge on any atom is 0.226 e. The molecule has 1 aliphatic rings. The van der Waals surface area contributed by atoms with Gasteiger partial charge < -0.3 is 9.84 Å². The van der Waals surface area contributed by atoms with Crippen LogP contribution in [-0.2, 0) is 6.42 Å². The minimum atomic E-state index is 0.496. The Morgan fingerprint density at radius 3 is 2.80 bits per heavy atom. The molecular formula is C11H19N3O. The SMILES string of the molecule is CC(C)Cc1nc(C2CCNCC2)no1. The molecule has 0 aromatic carbocycles. The average molecular weight is 209 g/mol. The van der Waals surface area contributed by atoms with Gasteiger partial charge in [-0.25, -0.2) is 0 Å². The van der Waals surface area contributed by atoms with E-state index in [4.69, 9.17) is 4.52 Å². The van der Waals surface area contributed by atoms with Gasteiger partial charge in [0.1, 0.15) is 0 Å². The van der Waals surface area contributed by atoms with Crippen molar-refractivity contribution >= 4 is 0 Å². The number of rotatable bonds is 3. The van der Waals surface area contributed by atoms with Crippen molar-refractivity contribution in [2.24, 2.45) is 5.92 Å². The fourth-order valence-corrected chi connectivity index (χ4v) is 1.95. The smallest absolute Gasteiger partial charge is 0.226 e. The van der Waals surface area contributed by atoms with Gasteiger partial charge in [-0.15, -0.1) is 0 Å². The molecule has 1 aromatic heterocycles. The summed E-state index contributed by atoms with van der Waals surface area (Å²) in [6.07, 6.45) is 3.14. The van der Waals surface area contributed by atoms with Gasteiger partial charge >= 0.3 is 0 Å². The number of hydrogen-bond donors (Lipinski definition) is 1. The predicted octanol–water partition coefficient (Wildman–Crippen LogP) is 1.74. The van der Waals surface area contributed by atoms with E-state index in [0.717, 1.165) is 44.1 Å². The molecule has 4 heteroatoms. The zero-order valence-corrected chi connectivity index (χ0v) is 9.49. The van der Waals surface area contributed by atoms with Crippen LogP contribution in [0.2, 0.25) is 0 Å². The molecule has 0 saturated carbocycles. The van der Waals surface area contributed by atoms with Crippen molar-refractivity contribution in [3.8, 4) is 0 Å². The van der Waals surface area contributed by atoms with Gasteiger partial charge in [-0.3, -0.25) is 0 Å². The molecule has 0 bridgehead atoms. The molecule has 0 aliphatic carbocycles. The van der Waals surface area contributed by atoms with Gasteiger partial charge in [0.15, 0.2) is 5.82 Å². The molecule has 0 spiro atoms. The van der Waals surface area contributed by atoms with Gasteiger partial charge in [-0.2, -0.15) is 4.98 Å². The third kappa shape index (κ3) is 2.78. The summed E-state index contributed by atoms with van der Waals surface area (Å²) < 4.78 is 5.25. The predicted molar refractivity (Wildman–Crippen MR) is 57.7 cm³/mol. The summed E-state index contributed by atoms with van der Waals surface area (Å²) in [5.74, 6) is 2.77. The first-order valence-corrected chi connectivity index (χ1v) is 5.79. The van der Waals surface area contributed by atoms with Crippen molar-refractivity contribution in [2.75, 3.05) is 13.1 Å². The van der Waals surface area contributed by atoms with Crippen molar-refractivity contribution in [1.82, 2.24) is 15.5 Å². The maximum atomic E-state index is 5.25. The Balaban J connectivity index is 1.99. The first-order chi connectivity index (χ1) is 7.25. The monoisotopic (exact) mass is 209 g/mol. The van der Waals surface area contributed by atoms with Crippen molar-refractivity contribution in [2.45, 2.75) is 39.0 Å². The standard InChI is InChI=1S/C11H19N3O/c1-8(2)7-10-13-11(14-15-10)9-3-5-12-6-4-9/h8-9,12H,3-7H2,1-2H3. The van der Waals surface area contributed by atoms with Crippen molar-refractivity contribution < 1.29 is 4.52 Å². The van der Waals surface area contributed by atoms with E-state index >= 15 is 0 Å². The number of piperidine rings is 1. The molecule has 84 valence electrons. The highest BCUT2D eigenvalue weighted by atomic mass is 16.5. The molecule has 0 unspecified atom stereocenters. The van der Waals surface area contributed by atoms with Crippen molar-refractivity contribution in [3.63, 3.8) is 0 Å². The van der Waals surface area contributed by atoms with Crippen LogP contribution in [0.15, 0.2) is 4.52 Å². The fraction of sp³-hybridized carbons (Fsp3) is 0.818. The average Bonchev–Trinajstić information content (AvgIpc) is 2.67. The second kappa shape index (κ2) is 4.75. The Morgan fingerprint density at radius 2 is 2.13 bits per heavy atom. The number of hydrogen-bond acceptors (Lipinski definition) is 4. The van der Waals surface area contributed by atoms with Crippen molar-refractivity contribution in [1.29, 1.82) is 0 Å². The molecule has 2 heterocycles. The van der Waals surface area contributed by atoms with E-state index < -0.39 is 0 Å². The zero-order valence-electron chi connectivity index (χ0n) is 9.49. The van der Waals surface area contributed by atoms with E-state index in [0.29, 0.717) is 11.8 Å². The van der Waals surface area contributed by atoms with Crippen molar-refractivity contribution in [3.05, 3.63) is 11.7 Å². The highest BCUT2D eigenvalue weighted by Gasteiger charge is 2.20. The van der Waals surface area contributed by atoms with Crippen LogP contribution in [0.25, 0.3) is 0 Å². The van der Waals surface area contributed by atoms with Crippen LogP contribution in [0.1, 0.15) is 44.3 Å². The number of aromatic nitrogens is 2. The lowest BCUT2D eigenvalue weighted by molar-refractivity contribution is 0.349. The molecular weight excluding hydrogens is 190 g/mol. The molecule has 15 heavy (non-hydrogen) atoms. The van der Waals surface area contributed by atoms with E-state index in [1.54, 1.807) is 0 Å². The summed E-state index contributed by atoms with van der Waals surface area (Å²) >= 11 is 0. The summed E-state index contributed by atoms with van der Waals surface area (Å²) in [6.45, 7) is 6.46. The summed E-state index contributed by atoms with van der Waals surface area (Å²) in [5.41, 5.74) is 0. The topological polar surface area (TPSA) is 51.0 Å². The molecule has 0 radical (unpaired) electrons. The highest BCUT2D eigenvalue weighted by Crippen LogP contribution is 2.22. The van der Waals surface area contributed by atoms with E-state index in [9.17, 15) is 0 Å². The molecule has 1 aromatic rings. The summed E-state index contributed by atoms with van der Waals surface area (Å²) in [7, 11) is 0. The zero-order chi connectivity index (χ0) is 10.7. The minimum Gasteiger partial charge on any atom is -0.339 e. The normalized spacial score (nSPS) is 18.6. The van der Waals surface area contributed by atoms with Crippen LogP contribution in [0.5, 0.6) is 0 Å². The second-order valence-electron chi connectivity index (χ2n) is 4.67. The van der Waals surface area contributed by atoms with Crippen LogP contribution in [0.3, 0.4) is 0 Å². The van der Waals surface area contributed by atoms with Gasteiger partial charge in [0.25, 0.3) is 0 Å². The lowest BCUT2D eigenvalue weighted by Gasteiger charge is -2.18. The largest absolute Gasteiger partial charge is 0.339 e. The van der Waals surface area contributed by atoms with Crippen LogP contribution >= 0.6 is 0 Å². The molecule has 1 saturated heterocycles. The van der Waals surface area contributed by atoms with Gasteiger partial charge in [0.2, 0.25) is 5.89 Å². The summed E-state index contributed by atoms with van der Waals surface area (Å²) in [6, 6.07) is 0. The van der Waals surface area contributed by atoms with E-state index in [1.807, 2.05) is 0 Å². The first kappa shape index (κ1) is 10.6. The molecule has 4 nitrogen and oxygen atoms in total. The third-order valence-electron chi connectivity index (χ3n) is 2.77. The van der Waals surface area contributed by atoms with Crippen LogP contribution in [-0.4, -0.2) is 23.2 Å². The molecule has 0 atom stereocenters. The lowest BCUT2D eigenvalue weighted by atomic mass is 9.98. The molecule has 1 N–H and O–H groups in total. The maximum absolute atomic E-state index is 5.25. The van der Waals surface area contributed by atoms with Gasteiger partial charge in [-0.05, 0) is 31.8 Å². The van der Waals surface area contributed by atoms with E-state index in [1.165, 1.54) is 0 Å². The fourth-order valence-electron chi connectivity index (χ4n) is 1.95. The Bertz CT molecular complexity index is 303. The first-order valence-electron chi connectivity index (χ1n) is 5.79. The van der Waals surface area contributed by atoms with Gasteiger partial charge in [0, 0.05) is 12.3 Å². The molecule has 1 aliphatic heterocycles. The van der Waals surface area contributed by atoms with Crippen LogP contribution in [0.4, 0.5) is 0 Å². The molecule has 1 fully saturated rings. The van der Waals surface area contributed by atoms with E-state index in [2.05, 4.69) is 29.3 Å². The van der Waals surface area contributed by atoms with E-state index in [-0.39, 0.29) is 0 Å². The Morgan fingerprint density at radius 1 is 1.40 bits per heavy atom. The molecule has 2 rings (SSSR count). The minimum absolute atomic E-state index is 0.496. The summed E-state index contributed by atoms with van der Waals surface area (Å²) in [4.78, 5) is 4.47. The van der Waals surface area contributed by atoms with Gasteiger partial charge in [0.05, 0.1) is 0 Å². The second-order valence-corrected chi connectivity index (χ2v) is 4.67. The highest BCUT2D eigenvalue weighted by molar-refractivity contribution is 4.97. The quantitative estimate of drug-likeness (QED) is 0.823. The third-order valence-corrected chi connectivity index (χ3v) is 2.77. The number of nitrogens with zero attached hydrogens (tertiary/aromatic N) is 2. The lowest BCUT2D eigenvalue weighted by Crippen LogP contribution is -2.27. The molecule has 0 amide bonds. The van der Waals surface area contributed by atoms with Gasteiger partial charge in [-0.1, -0.05) is 19.0 Å². The Labute approximate surface area is 90.4 Å². The van der Waals surface area contributed by atoms with Crippen LogP contribution < -0.4 is 5.32 Å². The Kier molecular flexibility index (Phi) is 3.36. The number of nitrogens with one attached hydrogen (secondary N) is 1. The Hall–Kier alpha value is -0.900. The summed E-state index contributed by atoms with van der Waals surface area (Å²) in [5, 5.41) is 7.42. The van der Waals surface area contributed by atoms with Crippen LogP contribution in [0, 0.1) is 5.92 Å².